The molecule has 0 aliphatic rings. The summed E-state index contributed by atoms with van der Waals surface area (Å²) in [7, 11) is 0. The van der Waals surface area contributed by atoms with Crippen LogP contribution in [-0.4, -0.2) is 4.98 Å². The van der Waals surface area contributed by atoms with E-state index in [0.717, 1.165) is 15.9 Å². The maximum absolute atomic E-state index is 5.84. The Bertz CT molecular complexity index is 508. The topological polar surface area (TPSA) is 48.1 Å². The summed E-state index contributed by atoms with van der Waals surface area (Å²) >= 11 is 3.41. The van der Waals surface area contributed by atoms with E-state index in [9.17, 15) is 0 Å². The number of pyridine rings is 1. The molecule has 0 aliphatic carbocycles. The van der Waals surface area contributed by atoms with Crippen LogP contribution in [0, 0.1) is 6.92 Å². The first kappa shape index (κ1) is 11.9. The lowest BCUT2D eigenvalue weighted by atomic mass is 10.3. The van der Waals surface area contributed by atoms with Crippen LogP contribution in [0.3, 0.4) is 0 Å². The molecule has 0 bridgehead atoms. The highest BCUT2D eigenvalue weighted by Crippen LogP contribution is 2.31. The van der Waals surface area contributed by atoms with E-state index in [-0.39, 0.29) is 0 Å². The maximum Gasteiger partial charge on any atom is 0.156 e. The Kier molecular flexibility index (Phi) is 3.64. The second kappa shape index (κ2) is 5.19. The van der Waals surface area contributed by atoms with Gasteiger partial charge in [0, 0.05) is 5.69 Å². The third-order valence-electron chi connectivity index (χ3n) is 2.31. The highest BCUT2D eigenvalue weighted by molar-refractivity contribution is 9.10. The summed E-state index contributed by atoms with van der Waals surface area (Å²) < 4.78 is 6.53. The van der Waals surface area contributed by atoms with Crippen LogP contribution in [-0.2, 0) is 6.61 Å². The van der Waals surface area contributed by atoms with Gasteiger partial charge in [0.05, 0.1) is 15.9 Å². The lowest BCUT2D eigenvalue weighted by Crippen LogP contribution is -2.01. The van der Waals surface area contributed by atoms with E-state index in [0.29, 0.717) is 18.0 Å². The number of anilines is 1. The van der Waals surface area contributed by atoms with Crippen molar-refractivity contribution >= 4 is 21.6 Å². The highest BCUT2D eigenvalue weighted by atomic mass is 79.9. The van der Waals surface area contributed by atoms with Crippen LogP contribution in [0.4, 0.5) is 5.69 Å². The summed E-state index contributed by atoms with van der Waals surface area (Å²) in [4.78, 5) is 4.37. The number of aryl methyl sites for hydroxylation is 1. The first-order chi connectivity index (χ1) is 8.16. The molecule has 1 aromatic carbocycles. The van der Waals surface area contributed by atoms with E-state index in [2.05, 4.69) is 20.9 Å². The Morgan fingerprint density at radius 3 is 2.71 bits per heavy atom. The number of ether oxygens (including phenoxy) is 1. The zero-order chi connectivity index (χ0) is 12.3. The molecule has 0 amide bonds. The zero-order valence-electron chi connectivity index (χ0n) is 9.48. The van der Waals surface area contributed by atoms with Crippen LogP contribution >= 0.6 is 15.9 Å². The van der Waals surface area contributed by atoms with E-state index < -0.39 is 0 Å². The maximum atomic E-state index is 5.84. The van der Waals surface area contributed by atoms with Crippen molar-refractivity contribution in [3.63, 3.8) is 0 Å². The fourth-order valence-corrected chi connectivity index (χ4v) is 2.00. The summed E-state index contributed by atoms with van der Waals surface area (Å²) in [6, 6.07) is 11.4. The van der Waals surface area contributed by atoms with Gasteiger partial charge < -0.3 is 10.5 Å². The van der Waals surface area contributed by atoms with Gasteiger partial charge >= 0.3 is 0 Å². The van der Waals surface area contributed by atoms with Gasteiger partial charge in [-0.05, 0) is 47.1 Å². The van der Waals surface area contributed by atoms with E-state index in [1.54, 1.807) is 0 Å². The number of nitrogens with zero attached hydrogens (tertiary/aromatic N) is 1. The van der Waals surface area contributed by atoms with Gasteiger partial charge in [0.1, 0.15) is 6.61 Å². The quantitative estimate of drug-likeness (QED) is 0.883. The van der Waals surface area contributed by atoms with E-state index >= 15 is 0 Å². The number of hydrogen-bond acceptors (Lipinski definition) is 3. The van der Waals surface area contributed by atoms with Crippen LogP contribution in [0.1, 0.15) is 11.4 Å². The van der Waals surface area contributed by atoms with Crippen molar-refractivity contribution < 1.29 is 4.74 Å². The lowest BCUT2D eigenvalue weighted by molar-refractivity contribution is 0.301. The number of halogens is 1. The molecule has 4 heteroatoms. The number of rotatable bonds is 3. The number of aromatic nitrogens is 1. The Morgan fingerprint density at radius 1 is 1.24 bits per heavy atom. The van der Waals surface area contributed by atoms with Crippen LogP contribution in [0.15, 0.2) is 40.9 Å². The zero-order valence-corrected chi connectivity index (χ0v) is 11.1. The molecule has 2 rings (SSSR count). The first-order valence-corrected chi connectivity index (χ1v) is 6.05. The minimum absolute atomic E-state index is 0.411. The van der Waals surface area contributed by atoms with Crippen molar-refractivity contribution in [3.8, 4) is 5.75 Å². The fraction of sp³-hybridized carbons (Fsp3) is 0.154. The first-order valence-electron chi connectivity index (χ1n) is 5.26. The van der Waals surface area contributed by atoms with Crippen molar-refractivity contribution in [1.82, 2.24) is 4.98 Å². The van der Waals surface area contributed by atoms with Crippen LogP contribution < -0.4 is 10.5 Å². The Morgan fingerprint density at radius 2 is 2.00 bits per heavy atom. The number of nitrogen functional groups attached to an aromatic ring is 1. The van der Waals surface area contributed by atoms with Gasteiger partial charge in [0.2, 0.25) is 0 Å². The normalized spacial score (nSPS) is 10.2. The highest BCUT2D eigenvalue weighted by Gasteiger charge is 2.05. The lowest BCUT2D eigenvalue weighted by Gasteiger charge is -2.10. The molecular weight excluding hydrogens is 280 g/mol. The Hall–Kier alpha value is -1.55. The van der Waals surface area contributed by atoms with Gasteiger partial charge in [-0.1, -0.05) is 12.1 Å². The van der Waals surface area contributed by atoms with Crippen molar-refractivity contribution in [1.29, 1.82) is 0 Å². The smallest absolute Gasteiger partial charge is 0.156 e. The van der Waals surface area contributed by atoms with Crippen molar-refractivity contribution in [2.45, 2.75) is 13.5 Å². The molecule has 0 saturated carbocycles. The predicted octanol–water partition coefficient (Wildman–Crippen LogP) is 3.31. The molecule has 1 aromatic heterocycles. The molecule has 17 heavy (non-hydrogen) atoms. The second-order valence-electron chi connectivity index (χ2n) is 3.72. The van der Waals surface area contributed by atoms with Crippen LogP contribution in [0.5, 0.6) is 5.75 Å². The van der Waals surface area contributed by atoms with Gasteiger partial charge in [0.25, 0.3) is 0 Å². The van der Waals surface area contributed by atoms with E-state index in [1.165, 1.54) is 0 Å². The van der Waals surface area contributed by atoms with E-state index in [4.69, 9.17) is 10.5 Å². The van der Waals surface area contributed by atoms with Crippen molar-refractivity contribution in [2.75, 3.05) is 5.73 Å². The summed E-state index contributed by atoms with van der Waals surface area (Å²) in [6.07, 6.45) is 0. The SMILES string of the molecule is Cc1cccc(COc2c(N)cccc2Br)n1. The average Bonchev–Trinajstić information content (AvgIpc) is 2.28. The molecule has 2 N–H and O–H groups in total. The van der Waals surface area contributed by atoms with Crippen LogP contribution in [0.25, 0.3) is 0 Å². The molecule has 0 aliphatic heterocycles. The molecular formula is C13H13BrN2O. The summed E-state index contributed by atoms with van der Waals surface area (Å²) in [5.74, 6) is 0.663. The standard InChI is InChI=1S/C13H13BrN2O/c1-9-4-2-5-10(16-9)8-17-13-11(14)6-3-7-12(13)15/h2-7H,8,15H2,1H3. The van der Waals surface area contributed by atoms with E-state index in [1.807, 2.05) is 43.3 Å². The monoisotopic (exact) mass is 292 g/mol. The van der Waals surface area contributed by atoms with Gasteiger partial charge in [-0.25, -0.2) is 0 Å². The van der Waals surface area contributed by atoms with Crippen molar-refractivity contribution in [3.05, 3.63) is 52.3 Å². The predicted molar refractivity (Wildman–Crippen MR) is 71.9 cm³/mol. The molecule has 0 saturated heterocycles. The van der Waals surface area contributed by atoms with Gasteiger partial charge in [-0.2, -0.15) is 0 Å². The molecule has 0 atom stereocenters. The average molecular weight is 293 g/mol. The number of nitrogens with two attached hydrogens (primary N) is 1. The van der Waals surface area contributed by atoms with Gasteiger partial charge in [-0.3, -0.25) is 4.98 Å². The fourth-order valence-electron chi connectivity index (χ4n) is 1.50. The summed E-state index contributed by atoms with van der Waals surface area (Å²) in [5.41, 5.74) is 8.32. The molecule has 2 aromatic rings. The molecule has 0 radical (unpaired) electrons. The molecule has 0 unspecified atom stereocenters. The largest absolute Gasteiger partial charge is 0.484 e. The third-order valence-corrected chi connectivity index (χ3v) is 2.93. The third kappa shape index (κ3) is 2.97. The van der Waals surface area contributed by atoms with Gasteiger partial charge in [0.15, 0.2) is 5.75 Å². The molecule has 0 fully saturated rings. The summed E-state index contributed by atoms with van der Waals surface area (Å²) in [6.45, 7) is 2.37. The van der Waals surface area contributed by atoms with Crippen molar-refractivity contribution in [2.24, 2.45) is 0 Å². The Labute approximate surface area is 109 Å². The number of benzene rings is 1. The number of hydrogen-bond donors (Lipinski definition) is 1. The molecule has 0 spiro atoms. The number of para-hydroxylation sites is 1. The minimum Gasteiger partial charge on any atom is -0.484 e. The summed E-state index contributed by atoms with van der Waals surface area (Å²) in [5, 5.41) is 0. The minimum atomic E-state index is 0.411. The Balaban J connectivity index is 2.13. The molecule has 3 nitrogen and oxygen atoms in total. The second-order valence-corrected chi connectivity index (χ2v) is 4.57. The van der Waals surface area contributed by atoms with Crippen LogP contribution in [0.2, 0.25) is 0 Å². The molecule has 88 valence electrons. The van der Waals surface area contributed by atoms with Gasteiger partial charge in [-0.15, -0.1) is 0 Å². The molecule has 1 heterocycles.